The molecule has 0 spiro atoms. The van der Waals surface area contributed by atoms with Crippen molar-refractivity contribution in [2.24, 2.45) is 0 Å². The fourth-order valence-corrected chi connectivity index (χ4v) is 3.68. The predicted molar refractivity (Wildman–Crippen MR) is 125 cm³/mol. The van der Waals surface area contributed by atoms with Crippen molar-refractivity contribution in [3.05, 3.63) is 82.9 Å². The minimum Gasteiger partial charge on any atom is -0.429 e. The Hall–Kier alpha value is -3.35. The van der Waals surface area contributed by atoms with Gasteiger partial charge in [-0.25, -0.2) is 0 Å². The number of aromatic amines is 1. The number of halogens is 1. The first-order valence-corrected chi connectivity index (χ1v) is 10.7. The van der Waals surface area contributed by atoms with E-state index in [1.165, 1.54) is 0 Å². The molecular weight excluding hydrogens is 426 g/mol. The van der Waals surface area contributed by atoms with Crippen LogP contribution in [0.25, 0.3) is 22.2 Å². The third-order valence-electron chi connectivity index (χ3n) is 5.26. The second-order valence-electron chi connectivity index (χ2n) is 7.98. The molecule has 6 nitrogen and oxygen atoms in total. The molecule has 0 saturated carbocycles. The fourth-order valence-electron chi connectivity index (χ4n) is 3.55. The van der Waals surface area contributed by atoms with Crippen LogP contribution in [0.2, 0.25) is 5.02 Å². The number of hydrogen-bond donors (Lipinski definition) is 1. The molecule has 32 heavy (non-hydrogen) atoms. The molecule has 0 aliphatic carbocycles. The molecule has 0 fully saturated rings. The van der Waals surface area contributed by atoms with Crippen LogP contribution in [0.1, 0.15) is 15.9 Å². The quantitative estimate of drug-likeness (QED) is 0.450. The van der Waals surface area contributed by atoms with E-state index in [0.717, 1.165) is 28.8 Å². The summed E-state index contributed by atoms with van der Waals surface area (Å²) in [6.45, 7) is 1.85. The van der Waals surface area contributed by atoms with Crippen LogP contribution in [-0.4, -0.2) is 48.0 Å². The van der Waals surface area contributed by atoms with Crippen molar-refractivity contribution in [2.45, 2.75) is 6.54 Å². The summed E-state index contributed by atoms with van der Waals surface area (Å²) in [6.07, 6.45) is -0.219. The van der Waals surface area contributed by atoms with Crippen LogP contribution < -0.4 is 4.98 Å². The Kier molecular flexibility index (Phi) is 6.44. The zero-order chi connectivity index (χ0) is 22.7. The van der Waals surface area contributed by atoms with Gasteiger partial charge >= 0.3 is 6.08 Å². The standard InChI is InChI=1S/C25H24ClN3O3/c1-28(2)12-13-29(24(30)18-6-9-21(26)10-7-18)16-17-4-3-5-19(14-17)20-8-11-22-23(15-20)32-25(31)27-22/h3-11,14-15H,12-13,16H2,1-2H3,(H,27,31)/p+1. The first-order valence-electron chi connectivity index (χ1n) is 10.3. The van der Waals surface area contributed by atoms with Gasteiger partial charge < -0.3 is 19.3 Å². The number of carbonyl (C=O) groups excluding carboxylic acids is 1. The highest BCUT2D eigenvalue weighted by atomic mass is 35.5. The van der Waals surface area contributed by atoms with Crippen molar-refractivity contribution in [2.75, 3.05) is 27.2 Å². The molecule has 0 unspecified atom stereocenters. The van der Waals surface area contributed by atoms with Gasteiger partial charge in [-0.2, -0.15) is 0 Å². The second-order valence-corrected chi connectivity index (χ2v) is 8.42. The van der Waals surface area contributed by atoms with E-state index in [1.54, 1.807) is 24.3 Å². The lowest BCUT2D eigenvalue weighted by atomic mass is 10.0. The second kappa shape index (κ2) is 9.42. The van der Waals surface area contributed by atoms with E-state index in [9.17, 15) is 9.90 Å². The summed E-state index contributed by atoms with van der Waals surface area (Å²) in [6, 6.07) is 20.8. The van der Waals surface area contributed by atoms with E-state index in [2.05, 4.69) is 16.0 Å². The number of fused-ring (bicyclic) bond motifs is 1. The lowest BCUT2D eigenvalue weighted by Crippen LogP contribution is -2.36. The fraction of sp³-hybridized carbons (Fsp3) is 0.200. The summed E-state index contributed by atoms with van der Waals surface area (Å²) in [5.41, 5.74) is 4.92. The largest absolute Gasteiger partial charge is 0.556 e. The molecule has 0 bridgehead atoms. The molecule has 0 aliphatic heterocycles. The molecule has 3 aromatic carbocycles. The highest BCUT2D eigenvalue weighted by molar-refractivity contribution is 6.30. The SMILES string of the molecule is CN(C)CCN(Cc1cccc(-c2ccc3[nH+]c(O)oc3c2)c1)C(=O)c1ccc(Cl)cc1. The molecule has 0 radical (unpaired) electrons. The van der Waals surface area contributed by atoms with Crippen molar-refractivity contribution in [3.63, 3.8) is 0 Å². The molecular formula is C25H25ClN3O3+. The summed E-state index contributed by atoms with van der Waals surface area (Å²) in [5.74, 6) is -0.0306. The number of likely N-dealkylation sites (N-methyl/N-ethyl adjacent to an activating group) is 1. The summed E-state index contributed by atoms with van der Waals surface area (Å²) in [4.78, 5) is 19.9. The maximum absolute atomic E-state index is 13.2. The smallest absolute Gasteiger partial charge is 0.429 e. The molecule has 4 aromatic rings. The number of hydrogen-bond acceptors (Lipinski definition) is 4. The van der Waals surface area contributed by atoms with E-state index in [4.69, 9.17) is 16.0 Å². The maximum Gasteiger partial charge on any atom is 0.556 e. The maximum atomic E-state index is 13.2. The van der Waals surface area contributed by atoms with Gasteiger partial charge in [0, 0.05) is 36.3 Å². The number of benzene rings is 3. The molecule has 0 saturated heterocycles. The summed E-state index contributed by atoms with van der Waals surface area (Å²) in [5, 5.41) is 10.1. The zero-order valence-electron chi connectivity index (χ0n) is 18.0. The normalized spacial score (nSPS) is 11.2. The molecule has 7 heteroatoms. The van der Waals surface area contributed by atoms with Gasteiger partial charge in [-0.1, -0.05) is 29.8 Å². The number of aromatic nitrogens is 1. The lowest BCUT2D eigenvalue weighted by molar-refractivity contribution is -0.374. The van der Waals surface area contributed by atoms with Gasteiger partial charge in [0.15, 0.2) is 0 Å². The Labute approximate surface area is 191 Å². The molecule has 0 aliphatic rings. The monoisotopic (exact) mass is 450 g/mol. The van der Waals surface area contributed by atoms with Gasteiger partial charge in [0.2, 0.25) is 5.58 Å². The average molecular weight is 451 g/mol. The van der Waals surface area contributed by atoms with Crippen molar-refractivity contribution >= 4 is 28.6 Å². The van der Waals surface area contributed by atoms with E-state index < -0.39 is 0 Å². The predicted octanol–water partition coefficient (Wildman–Crippen LogP) is 4.48. The molecule has 1 aromatic heterocycles. The van der Waals surface area contributed by atoms with Crippen molar-refractivity contribution in [1.29, 1.82) is 0 Å². The number of amides is 1. The molecule has 1 amide bonds. The number of oxazole rings is 1. The van der Waals surface area contributed by atoms with E-state index >= 15 is 0 Å². The Morgan fingerprint density at radius 2 is 1.75 bits per heavy atom. The Balaban J connectivity index is 1.59. The number of H-pyrrole nitrogens is 1. The average Bonchev–Trinajstić information content (AvgIpc) is 3.16. The molecule has 164 valence electrons. The number of aromatic hydroxyl groups is 1. The lowest BCUT2D eigenvalue weighted by Gasteiger charge is -2.25. The zero-order valence-corrected chi connectivity index (χ0v) is 18.8. The molecule has 2 N–H and O–H groups in total. The van der Waals surface area contributed by atoms with Crippen LogP contribution in [0.4, 0.5) is 0 Å². The Bertz CT molecular complexity index is 1230. The minimum atomic E-state index is -0.219. The minimum absolute atomic E-state index is 0.0306. The number of rotatable bonds is 7. The Morgan fingerprint density at radius 3 is 2.50 bits per heavy atom. The summed E-state index contributed by atoms with van der Waals surface area (Å²) < 4.78 is 5.30. The topological polar surface area (TPSA) is 71.1 Å². The summed E-state index contributed by atoms with van der Waals surface area (Å²) in [7, 11) is 3.98. The van der Waals surface area contributed by atoms with Gasteiger partial charge in [-0.3, -0.25) is 4.79 Å². The van der Waals surface area contributed by atoms with Gasteiger partial charge in [0.1, 0.15) is 0 Å². The van der Waals surface area contributed by atoms with Gasteiger partial charge in [-0.05, 0) is 73.3 Å². The third kappa shape index (κ3) is 5.10. The molecule has 1 heterocycles. The van der Waals surface area contributed by atoms with Gasteiger partial charge in [0.05, 0.1) is 0 Å². The highest BCUT2D eigenvalue weighted by Gasteiger charge is 2.17. The third-order valence-corrected chi connectivity index (χ3v) is 5.51. The van der Waals surface area contributed by atoms with Crippen LogP contribution in [0, 0.1) is 0 Å². The number of carbonyl (C=O) groups is 1. The van der Waals surface area contributed by atoms with Crippen molar-refractivity contribution in [1.82, 2.24) is 9.80 Å². The Morgan fingerprint density at radius 1 is 1.00 bits per heavy atom. The van der Waals surface area contributed by atoms with E-state index in [0.29, 0.717) is 29.3 Å². The van der Waals surface area contributed by atoms with Crippen LogP contribution in [-0.2, 0) is 6.54 Å². The van der Waals surface area contributed by atoms with E-state index in [-0.39, 0.29) is 12.0 Å². The van der Waals surface area contributed by atoms with Crippen LogP contribution in [0.3, 0.4) is 0 Å². The van der Waals surface area contributed by atoms with Crippen LogP contribution >= 0.6 is 11.6 Å². The highest BCUT2D eigenvalue weighted by Crippen LogP contribution is 2.26. The van der Waals surface area contributed by atoms with Crippen LogP contribution in [0.15, 0.2) is 71.1 Å². The van der Waals surface area contributed by atoms with Gasteiger partial charge in [-0.15, -0.1) is 4.98 Å². The van der Waals surface area contributed by atoms with Crippen molar-refractivity contribution < 1.29 is 19.3 Å². The van der Waals surface area contributed by atoms with E-state index in [1.807, 2.05) is 55.4 Å². The number of nitrogens with zero attached hydrogens (tertiary/aromatic N) is 2. The first-order chi connectivity index (χ1) is 15.4. The first kappa shape index (κ1) is 21.9. The van der Waals surface area contributed by atoms with Crippen LogP contribution in [0.5, 0.6) is 6.08 Å². The van der Waals surface area contributed by atoms with Gasteiger partial charge in [0.25, 0.3) is 11.4 Å². The summed E-state index contributed by atoms with van der Waals surface area (Å²) >= 11 is 5.99. The molecule has 4 rings (SSSR count). The van der Waals surface area contributed by atoms with Crippen molar-refractivity contribution in [3.8, 4) is 17.2 Å². The molecule has 0 atom stereocenters. The number of nitrogens with one attached hydrogen (secondary N) is 1.